The van der Waals surface area contributed by atoms with Crippen LogP contribution in [0.2, 0.25) is 5.02 Å². The minimum atomic E-state index is -0.712. The quantitative estimate of drug-likeness (QED) is 0.549. The molecule has 0 spiro atoms. The van der Waals surface area contributed by atoms with Crippen LogP contribution in [0.15, 0.2) is 53.9 Å². The number of amides is 1. The fourth-order valence-corrected chi connectivity index (χ4v) is 3.89. The molecule has 0 aliphatic heterocycles. The van der Waals surface area contributed by atoms with Gasteiger partial charge in [-0.3, -0.25) is 4.79 Å². The molecule has 7 nitrogen and oxygen atoms in total. The Kier molecular flexibility index (Phi) is 7.03. The van der Waals surface area contributed by atoms with Gasteiger partial charge in [-0.05, 0) is 30.3 Å². The largest absolute Gasteiger partial charge is 0.465 e. The van der Waals surface area contributed by atoms with E-state index >= 15 is 0 Å². The molecule has 0 saturated carbocycles. The zero-order valence-corrected chi connectivity index (χ0v) is 17.8. The second-order valence-corrected chi connectivity index (χ2v) is 7.43. The lowest BCUT2D eigenvalue weighted by Crippen LogP contribution is -2.21. The van der Waals surface area contributed by atoms with Crippen molar-refractivity contribution in [2.75, 3.05) is 19.0 Å². The van der Waals surface area contributed by atoms with Gasteiger partial charge < -0.3 is 14.8 Å². The van der Waals surface area contributed by atoms with Crippen LogP contribution in [0.1, 0.15) is 26.3 Å². The van der Waals surface area contributed by atoms with Gasteiger partial charge in [-0.1, -0.05) is 29.8 Å². The summed E-state index contributed by atoms with van der Waals surface area (Å²) in [6, 6.07) is 14.7. The average Bonchev–Trinajstić information content (AvgIpc) is 3.20. The summed E-state index contributed by atoms with van der Waals surface area (Å²) in [7, 11) is 1.24. The highest BCUT2D eigenvalue weighted by Crippen LogP contribution is 2.39. The number of esters is 2. The SMILES string of the molecule is COC(=O)c1c(-c2ccccc2Cl)csc1NC(=O)COC(=O)c1ccc(C#N)cc1. The lowest BCUT2D eigenvalue weighted by atomic mass is 10.0. The van der Waals surface area contributed by atoms with Gasteiger partial charge in [-0.2, -0.15) is 5.26 Å². The van der Waals surface area contributed by atoms with E-state index in [0.717, 1.165) is 11.3 Å². The molecule has 1 amide bonds. The Balaban J connectivity index is 1.73. The number of nitriles is 1. The van der Waals surface area contributed by atoms with E-state index in [0.29, 0.717) is 21.7 Å². The standard InChI is InChI=1S/C22H15ClN2O5S/c1-29-22(28)19-16(15-4-2-3-5-17(15)23)12-31-20(19)25-18(26)11-30-21(27)14-8-6-13(10-24)7-9-14/h2-9,12H,11H2,1H3,(H,25,26). The van der Waals surface area contributed by atoms with Crippen LogP contribution in [0.25, 0.3) is 11.1 Å². The van der Waals surface area contributed by atoms with E-state index in [4.69, 9.17) is 26.3 Å². The Morgan fingerprint density at radius 1 is 1.06 bits per heavy atom. The molecule has 1 N–H and O–H groups in total. The van der Waals surface area contributed by atoms with Crippen molar-refractivity contribution in [1.29, 1.82) is 5.26 Å². The van der Waals surface area contributed by atoms with Gasteiger partial charge in [0.1, 0.15) is 10.6 Å². The third-order valence-electron chi connectivity index (χ3n) is 4.18. The summed E-state index contributed by atoms with van der Waals surface area (Å²) in [5, 5.41) is 13.8. The number of carbonyl (C=O) groups is 3. The Morgan fingerprint density at radius 2 is 1.77 bits per heavy atom. The molecule has 156 valence electrons. The van der Waals surface area contributed by atoms with Gasteiger partial charge in [-0.25, -0.2) is 9.59 Å². The van der Waals surface area contributed by atoms with Gasteiger partial charge in [0.15, 0.2) is 6.61 Å². The predicted molar refractivity (Wildman–Crippen MR) is 116 cm³/mol. The number of methoxy groups -OCH3 is 1. The van der Waals surface area contributed by atoms with Crippen molar-refractivity contribution in [3.05, 3.63) is 75.6 Å². The van der Waals surface area contributed by atoms with Crippen molar-refractivity contribution in [2.24, 2.45) is 0 Å². The molecule has 0 atom stereocenters. The van der Waals surface area contributed by atoms with Crippen LogP contribution in [0.3, 0.4) is 0 Å². The minimum Gasteiger partial charge on any atom is -0.465 e. The highest BCUT2D eigenvalue weighted by Gasteiger charge is 2.23. The maximum atomic E-state index is 12.4. The minimum absolute atomic E-state index is 0.160. The third-order valence-corrected chi connectivity index (χ3v) is 5.41. The van der Waals surface area contributed by atoms with Crippen molar-refractivity contribution >= 4 is 45.8 Å². The molecular weight excluding hydrogens is 440 g/mol. The Morgan fingerprint density at radius 3 is 2.42 bits per heavy atom. The van der Waals surface area contributed by atoms with Crippen molar-refractivity contribution in [2.45, 2.75) is 0 Å². The third kappa shape index (κ3) is 5.09. The normalized spacial score (nSPS) is 10.1. The number of thiophene rings is 1. The first-order chi connectivity index (χ1) is 14.9. The maximum Gasteiger partial charge on any atom is 0.341 e. The van der Waals surface area contributed by atoms with Gasteiger partial charge in [0, 0.05) is 21.5 Å². The van der Waals surface area contributed by atoms with E-state index < -0.39 is 24.5 Å². The van der Waals surface area contributed by atoms with Crippen molar-refractivity contribution in [3.8, 4) is 17.2 Å². The first-order valence-electron chi connectivity index (χ1n) is 8.86. The number of nitrogens with zero attached hydrogens (tertiary/aromatic N) is 1. The van der Waals surface area contributed by atoms with E-state index in [1.807, 2.05) is 6.07 Å². The Labute approximate surface area is 186 Å². The summed E-state index contributed by atoms with van der Waals surface area (Å²) >= 11 is 7.37. The highest BCUT2D eigenvalue weighted by atomic mass is 35.5. The molecule has 31 heavy (non-hydrogen) atoms. The molecule has 2 aromatic carbocycles. The van der Waals surface area contributed by atoms with E-state index in [1.165, 1.54) is 31.4 Å². The second kappa shape index (κ2) is 9.89. The van der Waals surface area contributed by atoms with E-state index in [-0.39, 0.29) is 16.1 Å². The van der Waals surface area contributed by atoms with Crippen molar-refractivity contribution in [3.63, 3.8) is 0 Å². The monoisotopic (exact) mass is 454 g/mol. The van der Waals surface area contributed by atoms with Gasteiger partial charge in [0.25, 0.3) is 5.91 Å². The lowest BCUT2D eigenvalue weighted by Gasteiger charge is -2.09. The number of benzene rings is 2. The van der Waals surface area contributed by atoms with Crippen LogP contribution in [-0.4, -0.2) is 31.6 Å². The predicted octanol–water partition coefficient (Wildman–Crippen LogP) is 4.52. The molecular formula is C22H15ClN2O5S. The molecule has 1 aromatic heterocycles. The van der Waals surface area contributed by atoms with Crippen LogP contribution in [0, 0.1) is 11.3 Å². The summed E-state index contributed by atoms with van der Waals surface area (Å²) in [5.74, 6) is -1.98. The summed E-state index contributed by atoms with van der Waals surface area (Å²) < 4.78 is 9.87. The average molecular weight is 455 g/mol. The topological polar surface area (TPSA) is 105 Å². The summed E-state index contributed by atoms with van der Waals surface area (Å²) in [6.45, 7) is -0.557. The molecule has 0 radical (unpaired) electrons. The molecule has 1 heterocycles. The fraction of sp³-hybridized carbons (Fsp3) is 0.0909. The molecule has 3 rings (SSSR count). The molecule has 9 heteroatoms. The van der Waals surface area contributed by atoms with Gasteiger partial charge >= 0.3 is 11.9 Å². The van der Waals surface area contributed by atoms with Crippen LogP contribution < -0.4 is 5.32 Å². The number of rotatable bonds is 6. The number of ether oxygens (including phenoxy) is 2. The number of nitrogens with one attached hydrogen (secondary N) is 1. The summed E-state index contributed by atoms with van der Waals surface area (Å²) in [5.41, 5.74) is 1.91. The second-order valence-electron chi connectivity index (χ2n) is 6.14. The number of halogens is 1. The van der Waals surface area contributed by atoms with Crippen molar-refractivity contribution in [1.82, 2.24) is 0 Å². The molecule has 0 unspecified atom stereocenters. The number of hydrogen-bond donors (Lipinski definition) is 1. The molecule has 0 aliphatic rings. The summed E-state index contributed by atoms with van der Waals surface area (Å²) in [4.78, 5) is 36.8. The number of anilines is 1. The van der Waals surface area contributed by atoms with Crippen LogP contribution >= 0.6 is 22.9 Å². The van der Waals surface area contributed by atoms with E-state index in [2.05, 4.69) is 5.32 Å². The van der Waals surface area contributed by atoms with Crippen LogP contribution in [0.5, 0.6) is 0 Å². The van der Waals surface area contributed by atoms with Crippen molar-refractivity contribution < 1.29 is 23.9 Å². The fourth-order valence-electron chi connectivity index (χ4n) is 2.69. The number of hydrogen-bond acceptors (Lipinski definition) is 7. The van der Waals surface area contributed by atoms with Crippen LogP contribution in [0.4, 0.5) is 5.00 Å². The molecule has 0 saturated heterocycles. The molecule has 0 bridgehead atoms. The maximum absolute atomic E-state index is 12.4. The molecule has 3 aromatic rings. The number of carbonyl (C=O) groups excluding carboxylic acids is 3. The summed E-state index contributed by atoms with van der Waals surface area (Å²) in [6.07, 6.45) is 0. The first kappa shape index (κ1) is 22.0. The molecule has 0 aliphatic carbocycles. The van der Waals surface area contributed by atoms with Gasteiger partial charge in [-0.15, -0.1) is 11.3 Å². The van der Waals surface area contributed by atoms with E-state index in [9.17, 15) is 14.4 Å². The Hall–Kier alpha value is -3.67. The highest BCUT2D eigenvalue weighted by molar-refractivity contribution is 7.15. The first-order valence-corrected chi connectivity index (χ1v) is 10.1. The van der Waals surface area contributed by atoms with Gasteiger partial charge in [0.2, 0.25) is 0 Å². The zero-order chi connectivity index (χ0) is 22.4. The Bertz CT molecular complexity index is 1180. The zero-order valence-electron chi connectivity index (χ0n) is 16.2. The smallest absolute Gasteiger partial charge is 0.341 e. The molecule has 0 fully saturated rings. The van der Waals surface area contributed by atoms with Gasteiger partial charge in [0.05, 0.1) is 24.3 Å². The lowest BCUT2D eigenvalue weighted by molar-refractivity contribution is -0.119. The van der Waals surface area contributed by atoms with E-state index in [1.54, 1.807) is 29.6 Å². The van der Waals surface area contributed by atoms with Crippen LogP contribution in [-0.2, 0) is 14.3 Å².